The van der Waals surface area contributed by atoms with Gasteiger partial charge in [0, 0.05) is 24.2 Å². The fourth-order valence-electron chi connectivity index (χ4n) is 2.93. The Kier molecular flexibility index (Phi) is 4.82. The molecule has 134 valence electrons. The predicted molar refractivity (Wildman–Crippen MR) is 101 cm³/mol. The first-order valence-corrected chi connectivity index (χ1v) is 8.85. The number of hydrogen-bond donors (Lipinski definition) is 0. The summed E-state index contributed by atoms with van der Waals surface area (Å²) in [5, 5.41) is 1.19. The molecule has 2 aromatic carbocycles. The SMILES string of the molecule is O=c1cc(N2CCOCC2)oc2c(OCc3ccc(Cl)cc3)cccc12. The first-order valence-electron chi connectivity index (χ1n) is 8.47. The minimum absolute atomic E-state index is 0.0790. The lowest BCUT2D eigenvalue weighted by atomic mass is 10.2. The Morgan fingerprint density at radius 1 is 1.08 bits per heavy atom. The van der Waals surface area contributed by atoms with Crippen molar-refractivity contribution in [1.29, 1.82) is 0 Å². The average Bonchev–Trinajstić information content (AvgIpc) is 2.68. The second-order valence-corrected chi connectivity index (χ2v) is 6.53. The van der Waals surface area contributed by atoms with Crippen LogP contribution in [0, 0.1) is 0 Å². The third kappa shape index (κ3) is 3.54. The Morgan fingerprint density at radius 3 is 2.62 bits per heavy atom. The number of halogens is 1. The summed E-state index contributed by atoms with van der Waals surface area (Å²) in [6.45, 7) is 3.00. The molecule has 4 rings (SSSR count). The Balaban J connectivity index is 1.66. The molecule has 0 radical (unpaired) electrons. The Bertz CT molecular complexity index is 962. The molecule has 26 heavy (non-hydrogen) atoms. The molecule has 1 aliphatic rings. The van der Waals surface area contributed by atoms with Crippen molar-refractivity contribution in [2.75, 3.05) is 31.2 Å². The standard InChI is InChI=1S/C20H18ClNO4/c21-15-6-4-14(5-7-15)13-25-18-3-1-2-16-17(23)12-19(26-20(16)18)22-8-10-24-11-9-22/h1-7,12H,8-11,13H2. The van der Waals surface area contributed by atoms with Crippen LogP contribution in [0.15, 0.2) is 57.7 Å². The zero-order chi connectivity index (χ0) is 17.9. The molecule has 0 N–H and O–H groups in total. The molecule has 0 unspecified atom stereocenters. The zero-order valence-electron chi connectivity index (χ0n) is 14.1. The van der Waals surface area contributed by atoms with Gasteiger partial charge in [-0.05, 0) is 29.8 Å². The van der Waals surface area contributed by atoms with Crippen LogP contribution < -0.4 is 15.1 Å². The Morgan fingerprint density at radius 2 is 1.85 bits per heavy atom. The quantitative estimate of drug-likeness (QED) is 0.697. The predicted octanol–water partition coefficient (Wildman–Crippen LogP) is 3.86. The summed E-state index contributed by atoms with van der Waals surface area (Å²) in [7, 11) is 0. The van der Waals surface area contributed by atoms with Gasteiger partial charge in [-0.2, -0.15) is 0 Å². The fourth-order valence-corrected chi connectivity index (χ4v) is 3.06. The van der Waals surface area contributed by atoms with Gasteiger partial charge in [-0.15, -0.1) is 0 Å². The number of nitrogens with zero attached hydrogens (tertiary/aromatic N) is 1. The normalized spacial score (nSPS) is 14.6. The van der Waals surface area contributed by atoms with E-state index in [2.05, 4.69) is 0 Å². The lowest BCUT2D eigenvalue weighted by Gasteiger charge is -2.27. The average molecular weight is 372 g/mol. The smallest absolute Gasteiger partial charge is 0.200 e. The fraction of sp³-hybridized carbons (Fsp3) is 0.250. The first kappa shape index (κ1) is 16.9. The van der Waals surface area contributed by atoms with Crippen molar-refractivity contribution >= 4 is 28.5 Å². The molecule has 0 amide bonds. The summed E-state index contributed by atoms with van der Waals surface area (Å²) in [6, 6.07) is 14.3. The maximum atomic E-state index is 12.5. The van der Waals surface area contributed by atoms with Crippen molar-refractivity contribution < 1.29 is 13.9 Å². The number of rotatable bonds is 4. The van der Waals surface area contributed by atoms with Crippen molar-refractivity contribution in [3.05, 3.63) is 69.3 Å². The maximum absolute atomic E-state index is 12.5. The van der Waals surface area contributed by atoms with Gasteiger partial charge in [0.15, 0.2) is 22.6 Å². The van der Waals surface area contributed by atoms with E-state index in [1.165, 1.54) is 6.07 Å². The second-order valence-electron chi connectivity index (χ2n) is 6.10. The van der Waals surface area contributed by atoms with Crippen molar-refractivity contribution in [1.82, 2.24) is 0 Å². The third-order valence-electron chi connectivity index (χ3n) is 4.34. The number of benzene rings is 2. The highest BCUT2D eigenvalue weighted by atomic mass is 35.5. The van der Waals surface area contributed by atoms with Gasteiger partial charge in [-0.1, -0.05) is 29.8 Å². The highest BCUT2D eigenvalue weighted by Gasteiger charge is 2.17. The van der Waals surface area contributed by atoms with Crippen LogP contribution >= 0.6 is 11.6 Å². The highest BCUT2D eigenvalue weighted by Crippen LogP contribution is 2.28. The molecule has 1 aliphatic heterocycles. The number of anilines is 1. The summed E-state index contributed by atoms with van der Waals surface area (Å²) in [4.78, 5) is 14.5. The van der Waals surface area contributed by atoms with Crippen LogP contribution in [-0.4, -0.2) is 26.3 Å². The number of para-hydroxylation sites is 1. The largest absolute Gasteiger partial charge is 0.485 e. The van der Waals surface area contributed by atoms with Crippen LogP contribution in [0.1, 0.15) is 5.56 Å². The van der Waals surface area contributed by atoms with E-state index < -0.39 is 0 Å². The van der Waals surface area contributed by atoms with Crippen LogP contribution in [0.4, 0.5) is 5.88 Å². The topological polar surface area (TPSA) is 51.9 Å². The van der Waals surface area contributed by atoms with E-state index in [9.17, 15) is 4.79 Å². The monoisotopic (exact) mass is 371 g/mol. The first-order chi connectivity index (χ1) is 12.7. The highest BCUT2D eigenvalue weighted by molar-refractivity contribution is 6.30. The summed E-state index contributed by atoms with van der Waals surface area (Å²) in [5.74, 6) is 1.10. The molecule has 0 spiro atoms. The third-order valence-corrected chi connectivity index (χ3v) is 4.59. The Labute approximate surface area is 155 Å². The van der Waals surface area contributed by atoms with E-state index in [1.807, 2.05) is 35.2 Å². The molecule has 6 heteroatoms. The van der Waals surface area contributed by atoms with Crippen LogP contribution in [0.3, 0.4) is 0 Å². The van der Waals surface area contributed by atoms with E-state index in [-0.39, 0.29) is 5.43 Å². The van der Waals surface area contributed by atoms with Crippen molar-refractivity contribution in [2.24, 2.45) is 0 Å². The molecule has 1 aromatic heterocycles. The van der Waals surface area contributed by atoms with Gasteiger partial charge in [0.05, 0.1) is 18.6 Å². The van der Waals surface area contributed by atoms with Gasteiger partial charge < -0.3 is 18.8 Å². The van der Waals surface area contributed by atoms with Crippen molar-refractivity contribution in [3.8, 4) is 5.75 Å². The van der Waals surface area contributed by atoms with Gasteiger partial charge in [0.25, 0.3) is 0 Å². The molecular formula is C20H18ClNO4. The second kappa shape index (κ2) is 7.40. The van der Waals surface area contributed by atoms with Gasteiger partial charge in [-0.25, -0.2) is 0 Å². The van der Waals surface area contributed by atoms with E-state index in [1.54, 1.807) is 12.1 Å². The van der Waals surface area contributed by atoms with Gasteiger partial charge >= 0.3 is 0 Å². The minimum Gasteiger partial charge on any atom is -0.485 e. The summed E-state index contributed by atoms with van der Waals surface area (Å²) in [6.07, 6.45) is 0. The lowest BCUT2D eigenvalue weighted by molar-refractivity contribution is 0.120. The molecule has 2 heterocycles. The van der Waals surface area contributed by atoms with Crippen LogP contribution in [-0.2, 0) is 11.3 Å². The van der Waals surface area contributed by atoms with Crippen LogP contribution in [0.25, 0.3) is 11.0 Å². The number of hydrogen-bond acceptors (Lipinski definition) is 5. The van der Waals surface area contributed by atoms with E-state index in [0.29, 0.717) is 60.5 Å². The minimum atomic E-state index is -0.0790. The molecule has 0 bridgehead atoms. The molecule has 1 saturated heterocycles. The number of ether oxygens (including phenoxy) is 2. The number of fused-ring (bicyclic) bond motifs is 1. The molecule has 0 aliphatic carbocycles. The molecule has 0 atom stereocenters. The van der Waals surface area contributed by atoms with Gasteiger partial charge in [0.2, 0.25) is 0 Å². The molecule has 3 aromatic rings. The van der Waals surface area contributed by atoms with Gasteiger partial charge in [0.1, 0.15) is 6.61 Å². The van der Waals surface area contributed by atoms with Crippen LogP contribution in [0.2, 0.25) is 5.02 Å². The summed E-state index contributed by atoms with van der Waals surface area (Å²) >= 11 is 5.91. The van der Waals surface area contributed by atoms with E-state index in [4.69, 9.17) is 25.5 Å². The van der Waals surface area contributed by atoms with Gasteiger partial charge in [-0.3, -0.25) is 4.79 Å². The molecule has 5 nitrogen and oxygen atoms in total. The summed E-state index contributed by atoms with van der Waals surface area (Å²) < 4.78 is 17.3. The van der Waals surface area contributed by atoms with Crippen molar-refractivity contribution in [2.45, 2.75) is 6.61 Å². The van der Waals surface area contributed by atoms with Crippen molar-refractivity contribution in [3.63, 3.8) is 0 Å². The van der Waals surface area contributed by atoms with E-state index >= 15 is 0 Å². The molecule has 1 fully saturated rings. The van der Waals surface area contributed by atoms with Crippen LogP contribution in [0.5, 0.6) is 5.75 Å². The number of morpholine rings is 1. The summed E-state index contributed by atoms with van der Waals surface area (Å²) in [5.41, 5.74) is 1.37. The maximum Gasteiger partial charge on any atom is 0.200 e. The molecule has 0 saturated carbocycles. The molecular weight excluding hydrogens is 354 g/mol. The zero-order valence-corrected chi connectivity index (χ0v) is 14.9. The lowest BCUT2D eigenvalue weighted by Crippen LogP contribution is -2.36. The van der Waals surface area contributed by atoms with E-state index in [0.717, 1.165) is 5.56 Å². The Hall–Kier alpha value is -2.50.